The molecule has 1 aromatic heterocycles. The Morgan fingerprint density at radius 1 is 1.70 bits per heavy atom. The van der Waals surface area contributed by atoms with E-state index in [1.165, 1.54) is 28.4 Å². The molecule has 1 unspecified atom stereocenters. The summed E-state index contributed by atoms with van der Waals surface area (Å²) in [6.45, 7) is 0. The van der Waals surface area contributed by atoms with Gasteiger partial charge in [0.2, 0.25) is 11.1 Å². The molecule has 8 nitrogen and oxygen atoms in total. The van der Waals surface area contributed by atoms with Gasteiger partial charge >= 0.3 is 5.97 Å². The third-order valence-corrected chi connectivity index (χ3v) is 6.13. The Morgan fingerprint density at radius 2 is 2.48 bits per heavy atom. The minimum Gasteiger partial charge on any atom is -0.477 e. The molecule has 1 fully saturated rings. The number of carboxylic acid groups (broad SMARTS) is 1. The number of halogens is 1. The topological polar surface area (TPSA) is 112 Å². The van der Waals surface area contributed by atoms with Crippen LogP contribution in [0.3, 0.4) is 0 Å². The van der Waals surface area contributed by atoms with E-state index in [1.54, 1.807) is 6.08 Å². The molecule has 0 radical (unpaired) electrons. The van der Waals surface area contributed by atoms with Crippen LogP contribution in [0.25, 0.3) is 0 Å². The van der Waals surface area contributed by atoms with E-state index in [2.05, 4.69) is 26.5 Å². The lowest BCUT2D eigenvalue weighted by atomic mass is 10.0. The van der Waals surface area contributed by atoms with Gasteiger partial charge in [0.1, 0.15) is 5.70 Å². The molecule has 0 aliphatic carbocycles. The van der Waals surface area contributed by atoms with E-state index in [0.29, 0.717) is 23.8 Å². The van der Waals surface area contributed by atoms with Gasteiger partial charge in [-0.15, -0.1) is 46.7 Å². The number of nitrogens with one attached hydrogen (secondary N) is 1. The van der Waals surface area contributed by atoms with E-state index in [4.69, 9.17) is 6.42 Å². The van der Waals surface area contributed by atoms with Crippen molar-refractivity contribution in [2.24, 2.45) is 0 Å². The first-order chi connectivity index (χ1) is 10.5. The molecule has 1 aromatic rings. The summed E-state index contributed by atoms with van der Waals surface area (Å²) in [6, 6.07) is 0. The van der Waals surface area contributed by atoms with Crippen molar-refractivity contribution >= 4 is 47.8 Å². The van der Waals surface area contributed by atoms with Gasteiger partial charge in [0.15, 0.2) is 0 Å². The summed E-state index contributed by atoms with van der Waals surface area (Å²) in [5.74, 6) is 1.80. The van der Waals surface area contributed by atoms with Crippen LogP contribution in [0.2, 0.25) is 0 Å². The molecule has 0 aromatic carbocycles. The smallest absolute Gasteiger partial charge is 0.352 e. The van der Waals surface area contributed by atoms with Crippen LogP contribution < -0.4 is 0 Å². The van der Waals surface area contributed by atoms with Crippen LogP contribution in [-0.4, -0.2) is 58.4 Å². The third kappa shape index (κ3) is 3.31. The second-order valence-corrected chi connectivity index (χ2v) is 7.34. The number of terminal acetylenes is 1. The Bertz CT molecular complexity index is 689. The lowest BCUT2D eigenvalue weighted by molar-refractivity contribution is -0.146. The zero-order valence-electron chi connectivity index (χ0n) is 11.6. The predicted molar refractivity (Wildman–Crippen MR) is 86.9 cm³/mol. The average Bonchev–Trinajstić information content (AvgIpc) is 2.97. The Morgan fingerprint density at radius 3 is 3.04 bits per heavy atom. The average molecular weight is 374 g/mol. The van der Waals surface area contributed by atoms with Crippen LogP contribution in [0.5, 0.6) is 0 Å². The maximum absolute atomic E-state index is 11.6. The summed E-state index contributed by atoms with van der Waals surface area (Å²) >= 11 is 2.86. The third-order valence-electron chi connectivity index (χ3n) is 3.33. The molecule has 2 aliphatic heterocycles. The van der Waals surface area contributed by atoms with E-state index in [0.717, 1.165) is 0 Å². The summed E-state index contributed by atoms with van der Waals surface area (Å²) in [5.41, 5.74) is 0.00367. The summed E-state index contributed by atoms with van der Waals surface area (Å²) in [4.78, 5) is 24.4. The first-order valence-electron chi connectivity index (χ1n) is 6.30. The van der Waals surface area contributed by atoms with Crippen molar-refractivity contribution in [1.82, 2.24) is 25.5 Å². The van der Waals surface area contributed by atoms with E-state index >= 15 is 0 Å². The first kappa shape index (κ1) is 17.7. The standard InChI is InChI=1S/C12H11N5O3S2.ClH/c1-2-3-12(6-21-11-13-15-16-14-11)5-7(10(19)20)17-8(18)4-9(17)22-12;/h1,5,9H,3-4,6H2,(H,19,20)(H,13,14,15,16);1H/t9-,12?;/m1./s1. The molecular weight excluding hydrogens is 362 g/mol. The molecular formula is C12H12ClN5O3S2. The Labute approximate surface area is 146 Å². The van der Waals surface area contributed by atoms with E-state index in [9.17, 15) is 14.7 Å². The fourth-order valence-electron chi connectivity index (χ4n) is 2.35. The van der Waals surface area contributed by atoms with Crippen molar-refractivity contribution in [2.45, 2.75) is 28.1 Å². The Kier molecular flexibility index (Phi) is 5.23. The number of carbonyl (C=O) groups is 2. The number of amides is 1. The molecule has 122 valence electrons. The van der Waals surface area contributed by atoms with Gasteiger partial charge in [-0.25, -0.2) is 4.79 Å². The molecule has 0 spiro atoms. The van der Waals surface area contributed by atoms with Gasteiger partial charge in [-0.05, 0) is 11.3 Å². The second-order valence-electron chi connectivity index (χ2n) is 4.80. The quantitative estimate of drug-likeness (QED) is 0.441. The van der Waals surface area contributed by atoms with E-state index in [-0.39, 0.29) is 29.4 Å². The molecule has 23 heavy (non-hydrogen) atoms. The van der Waals surface area contributed by atoms with Crippen LogP contribution in [-0.2, 0) is 9.59 Å². The minimum absolute atomic E-state index is 0. The Balaban J connectivity index is 0.00000192. The minimum atomic E-state index is -1.12. The number of nitrogens with zero attached hydrogens (tertiary/aromatic N) is 4. The fraction of sp³-hybridized carbons (Fsp3) is 0.417. The number of thioether (sulfide) groups is 2. The van der Waals surface area contributed by atoms with Crippen molar-refractivity contribution in [2.75, 3.05) is 5.75 Å². The summed E-state index contributed by atoms with van der Waals surface area (Å²) in [6.07, 6.45) is 7.73. The van der Waals surface area contributed by atoms with Crippen LogP contribution >= 0.6 is 35.9 Å². The summed E-state index contributed by atoms with van der Waals surface area (Å²) < 4.78 is -0.574. The SMILES string of the molecule is C#CCC1(CSc2nn[nH]n2)C=C(C(=O)O)N2C(=O)C[C@H]2S1.Cl. The normalized spacial score (nSPS) is 25.5. The van der Waals surface area contributed by atoms with Crippen molar-refractivity contribution < 1.29 is 14.7 Å². The number of hydrogen-bond donors (Lipinski definition) is 2. The number of β-lactam (4-membered cyclic amide) rings is 1. The molecule has 3 rings (SSSR count). The number of aromatic nitrogens is 4. The van der Waals surface area contributed by atoms with Crippen molar-refractivity contribution in [3.8, 4) is 12.3 Å². The van der Waals surface area contributed by atoms with Gasteiger partial charge in [0, 0.05) is 12.2 Å². The monoisotopic (exact) mass is 373 g/mol. The highest BCUT2D eigenvalue weighted by Crippen LogP contribution is 2.49. The highest BCUT2D eigenvalue weighted by Gasteiger charge is 2.50. The number of aromatic amines is 1. The lowest BCUT2D eigenvalue weighted by Crippen LogP contribution is -2.56. The maximum Gasteiger partial charge on any atom is 0.352 e. The van der Waals surface area contributed by atoms with Crippen molar-refractivity contribution in [3.05, 3.63) is 11.8 Å². The number of carbonyl (C=O) groups excluding carboxylic acids is 1. The van der Waals surface area contributed by atoms with Gasteiger partial charge in [-0.2, -0.15) is 5.21 Å². The molecule has 3 heterocycles. The van der Waals surface area contributed by atoms with Crippen molar-refractivity contribution in [1.29, 1.82) is 0 Å². The maximum atomic E-state index is 11.6. The first-order valence-corrected chi connectivity index (χ1v) is 8.17. The molecule has 1 amide bonds. The Hall–Kier alpha value is -1.70. The number of fused-ring (bicyclic) bond motifs is 1. The number of H-pyrrole nitrogens is 1. The van der Waals surface area contributed by atoms with Gasteiger partial charge in [-0.1, -0.05) is 11.8 Å². The number of aliphatic carboxylic acids is 1. The van der Waals surface area contributed by atoms with Crippen LogP contribution in [0.15, 0.2) is 16.9 Å². The summed E-state index contributed by atoms with van der Waals surface area (Å²) in [5, 5.41) is 23.2. The molecule has 0 saturated carbocycles. The van der Waals surface area contributed by atoms with E-state index in [1.807, 2.05) is 0 Å². The van der Waals surface area contributed by atoms with Gasteiger partial charge < -0.3 is 5.11 Å². The van der Waals surface area contributed by atoms with Gasteiger partial charge in [-0.3, -0.25) is 9.69 Å². The zero-order valence-corrected chi connectivity index (χ0v) is 14.1. The number of hydrogen-bond acceptors (Lipinski definition) is 7. The molecule has 11 heteroatoms. The summed E-state index contributed by atoms with van der Waals surface area (Å²) in [7, 11) is 0. The van der Waals surface area contributed by atoms with Crippen molar-refractivity contribution in [3.63, 3.8) is 0 Å². The van der Waals surface area contributed by atoms with Crippen LogP contribution in [0.4, 0.5) is 0 Å². The highest BCUT2D eigenvalue weighted by atomic mass is 35.5. The molecule has 2 atom stereocenters. The number of tetrazole rings is 1. The number of rotatable bonds is 5. The van der Waals surface area contributed by atoms with Crippen LogP contribution in [0, 0.1) is 12.3 Å². The van der Waals surface area contributed by atoms with E-state index < -0.39 is 10.7 Å². The fourth-order valence-corrected chi connectivity index (χ4v) is 5.01. The van der Waals surface area contributed by atoms with Gasteiger partial charge in [0.05, 0.1) is 16.5 Å². The predicted octanol–water partition coefficient (Wildman–Crippen LogP) is 0.749. The molecule has 1 saturated heterocycles. The molecule has 0 bridgehead atoms. The largest absolute Gasteiger partial charge is 0.477 e. The van der Waals surface area contributed by atoms with Gasteiger partial charge in [0.25, 0.3) is 0 Å². The number of carboxylic acids is 1. The highest BCUT2D eigenvalue weighted by molar-refractivity contribution is 8.04. The molecule has 2 aliphatic rings. The lowest BCUT2D eigenvalue weighted by Gasteiger charge is -2.48. The zero-order chi connectivity index (χ0) is 15.7. The molecule has 2 N–H and O–H groups in total. The second kappa shape index (κ2) is 6.82. The van der Waals surface area contributed by atoms with Crippen LogP contribution in [0.1, 0.15) is 12.8 Å².